The van der Waals surface area contributed by atoms with Crippen molar-refractivity contribution in [3.63, 3.8) is 0 Å². The molecule has 0 aliphatic rings. The standard InChI is InChI=1S/Ce.2O.Zr/q+3;-2;+2;+4. The molecule has 0 fully saturated rings. The van der Waals surface area contributed by atoms with E-state index in [0.29, 0.717) is 0 Å². The van der Waals surface area contributed by atoms with E-state index in [2.05, 4.69) is 0 Å². The zero-order chi connectivity index (χ0) is 0. The van der Waals surface area contributed by atoms with Crippen LogP contribution in [-0.4, -0.2) is 0 Å². The summed E-state index contributed by atoms with van der Waals surface area (Å²) >= 11 is 0. The van der Waals surface area contributed by atoms with Gasteiger partial charge in [-0.2, -0.15) is 0 Å². The largest absolute Gasteiger partial charge is 4.00 e. The van der Waals surface area contributed by atoms with Crippen molar-refractivity contribution in [2.24, 2.45) is 0 Å². The maximum Gasteiger partial charge on any atom is 4.00 e. The minimum atomic E-state index is 0. The summed E-state index contributed by atoms with van der Waals surface area (Å²) in [6.45, 7) is 0. The van der Waals surface area contributed by atoms with Gasteiger partial charge in [-0.25, -0.2) is 0 Å². The van der Waals surface area contributed by atoms with Gasteiger partial charge in [0.05, 0.1) is 0 Å². The van der Waals surface area contributed by atoms with Crippen molar-refractivity contribution in [3.05, 3.63) is 0 Å². The second-order valence-corrected chi connectivity index (χ2v) is 0. The molecule has 0 aromatic carbocycles. The molecular weight excluding hydrogens is 263 g/mol. The average molecular weight is 263 g/mol. The third-order valence-corrected chi connectivity index (χ3v) is 0. The van der Waals surface area contributed by atoms with Gasteiger partial charge in [-0.05, 0) is 0 Å². The van der Waals surface area contributed by atoms with Crippen LogP contribution in [0.4, 0.5) is 0 Å². The molecule has 0 heterocycles. The summed E-state index contributed by atoms with van der Waals surface area (Å²) in [5, 5.41) is 0. The maximum absolute atomic E-state index is 0. The molecule has 0 rings (SSSR count). The van der Waals surface area contributed by atoms with Crippen molar-refractivity contribution in [3.8, 4) is 0 Å². The molecule has 0 saturated heterocycles. The van der Waals surface area contributed by atoms with Gasteiger partial charge in [0.25, 0.3) is 0 Å². The van der Waals surface area contributed by atoms with E-state index < -0.39 is 0 Å². The Kier molecular flexibility index (Phi) is 166. The van der Waals surface area contributed by atoms with E-state index >= 15 is 0 Å². The van der Waals surface area contributed by atoms with E-state index in [-0.39, 0.29) is 78.9 Å². The fourth-order valence-electron chi connectivity index (χ4n) is 0. The molecule has 5 radical (unpaired) electrons. The van der Waals surface area contributed by atoms with Gasteiger partial charge in [0.2, 0.25) is 0 Å². The summed E-state index contributed by atoms with van der Waals surface area (Å²) in [7, 11) is 0. The van der Waals surface area contributed by atoms with Crippen molar-refractivity contribution < 1.29 is 78.9 Å². The van der Waals surface area contributed by atoms with Gasteiger partial charge in [-0.15, -0.1) is 0 Å². The first kappa shape index (κ1) is 34.9. The molecule has 0 aromatic heterocycles. The fourth-order valence-corrected chi connectivity index (χ4v) is 0. The van der Waals surface area contributed by atoms with E-state index in [1.807, 2.05) is 0 Å². The van der Waals surface area contributed by atoms with Crippen molar-refractivity contribution in [2.75, 3.05) is 0 Å². The third-order valence-electron chi connectivity index (χ3n) is 0. The first-order chi connectivity index (χ1) is 0. The average Bonchev–Trinajstić information content (AvgIpc) is 0. The number of hydrogen-bond donors (Lipinski definition) is 0. The number of rotatable bonds is 0. The molecule has 0 saturated carbocycles. The Labute approximate surface area is 77.5 Å². The summed E-state index contributed by atoms with van der Waals surface area (Å²) in [5.74, 6) is 0. The molecule has 4 heavy (non-hydrogen) atoms. The Hall–Kier alpha value is 2.18. The van der Waals surface area contributed by atoms with E-state index in [0.717, 1.165) is 0 Å². The topological polar surface area (TPSA) is 57.0 Å². The molecule has 0 atom stereocenters. The van der Waals surface area contributed by atoms with Crippen LogP contribution >= 0.6 is 0 Å². The minimum Gasteiger partial charge on any atom is -2.00 e. The molecule has 0 spiro atoms. The van der Waals surface area contributed by atoms with E-state index in [4.69, 9.17) is 0 Å². The van der Waals surface area contributed by atoms with Gasteiger partial charge in [-0.1, -0.05) is 0 Å². The zero-order valence-electron chi connectivity index (χ0n) is 1.82. The van der Waals surface area contributed by atoms with E-state index in [1.54, 1.807) is 0 Å². The molecule has 0 amide bonds. The van der Waals surface area contributed by atoms with Crippen LogP contribution < -0.4 is 0 Å². The Balaban J connectivity index is 0. The number of hydrogen-bond acceptors (Lipinski definition) is 0. The van der Waals surface area contributed by atoms with Crippen molar-refractivity contribution in [1.29, 1.82) is 0 Å². The monoisotopic (exact) mass is 262 g/mol. The predicted molar refractivity (Wildman–Crippen MR) is 1.37 cm³/mol. The zero-order valence-corrected chi connectivity index (χ0v) is 7.41. The third kappa shape index (κ3) is 8.89. The fraction of sp³-hybridized carbons (Fsp3) is 0. The van der Waals surface area contributed by atoms with E-state index in [9.17, 15) is 0 Å². The van der Waals surface area contributed by atoms with Crippen molar-refractivity contribution in [2.45, 2.75) is 0 Å². The molecule has 4 heteroatoms. The molecular formula is CeO2Zr+7. The normalized spacial score (nSPS) is 0. The molecule has 13 valence electrons. The summed E-state index contributed by atoms with van der Waals surface area (Å²) in [6.07, 6.45) is 0. The second kappa shape index (κ2) is 19.0. The first-order valence-corrected chi connectivity index (χ1v) is 0. The van der Waals surface area contributed by atoms with Gasteiger partial charge in [-0.3, -0.25) is 0 Å². The van der Waals surface area contributed by atoms with Gasteiger partial charge in [0, 0.05) is 0 Å². The molecule has 0 aromatic rings. The van der Waals surface area contributed by atoms with Crippen LogP contribution in [0.3, 0.4) is 0 Å². The van der Waals surface area contributed by atoms with Crippen LogP contribution in [0.2, 0.25) is 0 Å². The van der Waals surface area contributed by atoms with Gasteiger partial charge in [0.15, 0.2) is 0 Å². The van der Waals surface area contributed by atoms with Crippen LogP contribution in [0.15, 0.2) is 0 Å². The summed E-state index contributed by atoms with van der Waals surface area (Å²) in [4.78, 5) is 0. The van der Waals surface area contributed by atoms with Crippen LogP contribution in [0, 0.1) is 41.7 Å². The Morgan fingerprint density at radius 2 is 1.00 bits per heavy atom. The maximum atomic E-state index is 0. The first-order valence-electron chi connectivity index (χ1n) is 0. The van der Waals surface area contributed by atoms with Crippen LogP contribution in [-0.2, 0) is 37.2 Å². The molecule has 0 unspecified atom stereocenters. The van der Waals surface area contributed by atoms with Crippen LogP contribution in [0.25, 0.3) is 0 Å². The SMILES string of the molecule is [Ce+3].[O+2].[O-2].[Zr+4]. The summed E-state index contributed by atoms with van der Waals surface area (Å²) in [5.41, 5.74) is 0. The quantitative estimate of drug-likeness (QED) is 0.579. The van der Waals surface area contributed by atoms with Crippen LogP contribution in [0.1, 0.15) is 0 Å². The summed E-state index contributed by atoms with van der Waals surface area (Å²) < 4.78 is 0. The van der Waals surface area contributed by atoms with Gasteiger partial charge < -0.3 is 5.48 Å². The Bertz CT molecular complexity index is 6.00. The minimum absolute atomic E-state index is 0. The molecule has 2 nitrogen and oxygen atoms in total. The Morgan fingerprint density at radius 3 is 1.00 bits per heavy atom. The molecule has 0 N–H and O–H groups in total. The van der Waals surface area contributed by atoms with Gasteiger partial charge in [0.1, 0.15) is 0 Å². The van der Waals surface area contributed by atoms with Gasteiger partial charge >= 0.3 is 73.4 Å². The van der Waals surface area contributed by atoms with Crippen molar-refractivity contribution >= 4 is 0 Å². The Morgan fingerprint density at radius 1 is 1.00 bits per heavy atom. The van der Waals surface area contributed by atoms with Crippen LogP contribution in [0.5, 0.6) is 0 Å². The second-order valence-electron chi connectivity index (χ2n) is 0. The summed E-state index contributed by atoms with van der Waals surface area (Å²) in [6, 6.07) is 0. The van der Waals surface area contributed by atoms with E-state index in [1.165, 1.54) is 0 Å². The smallest absolute Gasteiger partial charge is 2.00 e. The molecule has 0 bridgehead atoms. The van der Waals surface area contributed by atoms with Crippen molar-refractivity contribution in [1.82, 2.24) is 0 Å². The molecule has 0 aliphatic carbocycles. The predicted octanol–water partition coefficient (Wildman–Crippen LogP) is -0.240. The molecule has 0 aliphatic heterocycles.